The van der Waals surface area contributed by atoms with Crippen LogP contribution in [0.3, 0.4) is 0 Å². The lowest BCUT2D eigenvalue weighted by Crippen LogP contribution is -1.99. The van der Waals surface area contributed by atoms with Gasteiger partial charge in [-0.15, -0.1) is 0 Å². The molecule has 1 aromatic carbocycles. The van der Waals surface area contributed by atoms with Gasteiger partial charge in [0.1, 0.15) is 0 Å². The van der Waals surface area contributed by atoms with E-state index in [1.165, 1.54) is 4.68 Å². The van der Waals surface area contributed by atoms with Crippen molar-refractivity contribution >= 4 is 16.9 Å². The van der Waals surface area contributed by atoms with Crippen LogP contribution in [0.1, 0.15) is 22.7 Å². The Balaban J connectivity index is 2.24. The molecule has 0 unspecified atom stereocenters. The number of carboxylic acid groups (broad SMARTS) is 1. The average Bonchev–Trinajstić information content (AvgIpc) is 3.01. The SMILES string of the molecule is Cn1nc(-c2nc(C(F)F)c(C(=O)O)o2)c2ccccc21. The Morgan fingerprint density at radius 2 is 2.10 bits per heavy atom. The molecule has 0 spiro atoms. The molecule has 0 amide bonds. The first kappa shape index (κ1) is 13.2. The van der Waals surface area contributed by atoms with Gasteiger partial charge in [-0.3, -0.25) is 4.68 Å². The standard InChI is InChI=1S/C13H9F2N3O3/c1-18-7-5-3-2-4-6(7)8(17-18)12-16-9(11(14)15)10(21-12)13(19)20/h2-5,11H,1H3,(H,19,20). The minimum atomic E-state index is -3.04. The number of carboxylic acids is 1. The topological polar surface area (TPSA) is 81.2 Å². The second kappa shape index (κ2) is 4.65. The van der Waals surface area contributed by atoms with Crippen molar-refractivity contribution in [1.29, 1.82) is 0 Å². The third-order valence-corrected chi connectivity index (χ3v) is 3.01. The van der Waals surface area contributed by atoms with E-state index in [-0.39, 0.29) is 11.6 Å². The molecule has 0 aliphatic heterocycles. The Morgan fingerprint density at radius 3 is 2.71 bits per heavy atom. The Kier molecular flexibility index (Phi) is 2.93. The van der Waals surface area contributed by atoms with E-state index >= 15 is 0 Å². The minimum absolute atomic E-state index is 0.225. The summed E-state index contributed by atoms with van der Waals surface area (Å²) in [5.41, 5.74) is 0.0795. The fourth-order valence-electron chi connectivity index (χ4n) is 2.11. The van der Waals surface area contributed by atoms with Crippen molar-refractivity contribution in [3.63, 3.8) is 0 Å². The highest BCUT2D eigenvalue weighted by molar-refractivity contribution is 5.92. The predicted molar refractivity (Wildman–Crippen MR) is 68.1 cm³/mol. The van der Waals surface area contributed by atoms with E-state index < -0.39 is 23.8 Å². The second-order valence-corrected chi connectivity index (χ2v) is 4.33. The minimum Gasteiger partial charge on any atom is -0.475 e. The third-order valence-electron chi connectivity index (χ3n) is 3.01. The summed E-state index contributed by atoms with van der Waals surface area (Å²) in [6, 6.07) is 7.07. The summed E-state index contributed by atoms with van der Waals surface area (Å²) in [4.78, 5) is 14.5. The van der Waals surface area contributed by atoms with E-state index in [1.54, 1.807) is 31.3 Å². The molecule has 6 nitrogen and oxygen atoms in total. The number of oxazole rings is 1. The quantitative estimate of drug-likeness (QED) is 0.803. The van der Waals surface area contributed by atoms with Crippen LogP contribution in [0.25, 0.3) is 22.5 Å². The van der Waals surface area contributed by atoms with Crippen LogP contribution in [0, 0.1) is 0 Å². The summed E-state index contributed by atoms with van der Waals surface area (Å²) in [7, 11) is 1.68. The monoisotopic (exact) mass is 293 g/mol. The van der Waals surface area contributed by atoms with E-state index in [1.807, 2.05) is 0 Å². The molecule has 8 heteroatoms. The van der Waals surface area contributed by atoms with Gasteiger partial charge in [-0.1, -0.05) is 18.2 Å². The van der Waals surface area contributed by atoms with E-state index in [0.717, 1.165) is 5.52 Å². The van der Waals surface area contributed by atoms with Gasteiger partial charge in [0.05, 0.1) is 5.52 Å². The fraction of sp³-hybridized carbons (Fsp3) is 0.154. The van der Waals surface area contributed by atoms with Crippen molar-refractivity contribution in [1.82, 2.24) is 14.8 Å². The molecule has 0 aliphatic rings. The fourth-order valence-corrected chi connectivity index (χ4v) is 2.11. The molecule has 0 atom stereocenters. The van der Waals surface area contributed by atoms with Gasteiger partial charge in [-0.2, -0.15) is 5.10 Å². The molecule has 2 heterocycles. The van der Waals surface area contributed by atoms with Crippen LogP contribution in [-0.4, -0.2) is 25.8 Å². The molecule has 0 aliphatic carbocycles. The zero-order valence-corrected chi connectivity index (χ0v) is 10.7. The predicted octanol–water partition coefficient (Wildman–Crippen LogP) is 2.86. The smallest absolute Gasteiger partial charge is 0.374 e. The first-order valence-corrected chi connectivity index (χ1v) is 5.93. The molecule has 0 saturated carbocycles. The molecule has 2 aromatic heterocycles. The summed E-state index contributed by atoms with van der Waals surface area (Å²) >= 11 is 0. The Labute approximate surface area is 116 Å². The highest BCUT2D eigenvalue weighted by Gasteiger charge is 2.28. The van der Waals surface area contributed by atoms with Crippen LogP contribution in [0.15, 0.2) is 28.7 Å². The molecule has 0 bridgehead atoms. The summed E-state index contributed by atoms with van der Waals surface area (Å²) in [6.07, 6.45) is -3.04. The molecule has 0 radical (unpaired) electrons. The first-order valence-electron chi connectivity index (χ1n) is 5.93. The van der Waals surface area contributed by atoms with Gasteiger partial charge in [-0.05, 0) is 6.07 Å². The van der Waals surface area contributed by atoms with Crippen LogP contribution in [-0.2, 0) is 7.05 Å². The highest BCUT2D eigenvalue weighted by Crippen LogP contribution is 2.31. The first-order chi connectivity index (χ1) is 9.99. The normalized spacial score (nSPS) is 11.4. The molecule has 3 rings (SSSR count). The number of aromatic nitrogens is 3. The Hall–Kier alpha value is -2.77. The number of carbonyl (C=O) groups is 1. The maximum absolute atomic E-state index is 12.8. The number of aryl methyl sites for hydroxylation is 1. The molecule has 0 fully saturated rings. The molecule has 0 saturated heterocycles. The zero-order chi connectivity index (χ0) is 15.1. The lowest BCUT2D eigenvalue weighted by atomic mass is 10.2. The molecular formula is C13H9F2N3O3. The largest absolute Gasteiger partial charge is 0.475 e. The van der Waals surface area contributed by atoms with Crippen LogP contribution >= 0.6 is 0 Å². The molecule has 21 heavy (non-hydrogen) atoms. The number of hydrogen-bond donors (Lipinski definition) is 1. The number of hydrogen-bond acceptors (Lipinski definition) is 4. The Morgan fingerprint density at radius 1 is 1.38 bits per heavy atom. The second-order valence-electron chi connectivity index (χ2n) is 4.33. The highest BCUT2D eigenvalue weighted by atomic mass is 19.3. The van der Waals surface area contributed by atoms with E-state index in [4.69, 9.17) is 9.52 Å². The van der Waals surface area contributed by atoms with Crippen molar-refractivity contribution in [3.8, 4) is 11.6 Å². The van der Waals surface area contributed by atoms with Gasteiger partial charge < -0.3 is 9.52 Å². The lowest BCUT2D eigenvalue weighted by molar-refractivity contribution is 0.0647. The molecular weight excluding hydrogens is 284 g/mol. The maximum Gasteiger partial charge on any atom is 0.374 e. The van der Waals surface area contributed by atoms with Crippen molar-refractivity contribution in [2.24, 2.45) is 7.05 Å². The van der Waals surface area contributed by atoms with Crippen LogP contribution in [0.2, 0.25) is 0 Å². The zero-order valence-electron chi connectivity index (χ0n) is 10.7. The number of halogens is 2. The van der Waals surface area contributed by atoms with Gasteiger partial charge in [0.15, 0.2) is 11.4 Å². The molecule has 108 valence electrons. The number of rotatable bonds is 3. The van der Waals surface area contributed by atoms with Gasteiger partial charge in [0, 0.05) is 12.4 Å². The number of benzene rings is 1. The lowest BCUT2D eigenvalue weighted by Gasteiger charge is -1.91. The van der Waals surface area contributed by atoms with Crippen LogP contribution < -0.4 is 0 Å². The Bertz CT molecular complexity index is 838. The average molecular weight is 293 g/mol. The summed E-state index contributed by atoms with van der Waals surface area (Å²) < 4.78 is 32.2. The maximum atomic E-state index is 12.8. The van der Waals surface area contributed by atoms with Crippen molar-refractivity contribution in [2.75, 3.05) is 0 Å². The number of aromatic carboxylic acids is 1. The van der Waals surface area contributed by atoms with E-state index in [2.05, 4.69) is 10.1 Å². The van der Waals surface area contributed by atoms with Crippen molar-refractivity contribution in [2.45, 2.75) is 6.43 Å². The van der Waals surface area contributed by atoms with E-state index in [0.29, 0.717) is 5.39 Å². The van der Waals surface area contributed by atoms with Crippen molar-refractivity contribution in [3.05, 3.63) is 35.7 Å². The third kappa shape index (κ3) is 2.04. The van der Waals surface area contributed by atoms with Gasteiger partial charge >= 0.3 is 5.97 Å². The van der Waals surface area contributed by atoms with Gasteiger partial charge in [0.2, 0.25) is 11.7 Å². The van der Waals surface area contributed by atoms with Crippen LogP contribution in [0.4, 0.5) is 8.78 Å². The summed E-state index contributed by atoms with van der Waals surface area (Å²) in [5.74, 6) is -2.70. The van der Waals surface area contributed by atoms with Gasteiger partial charge in [0.25, 0.3) is 6.43 Å². The number of alkyl halides is 2. The van der Waals surface area contributed by atoms with Crippen molar-refractivity contribution < 1.29 is 23.1 Å². The molecule has 1 N–H and O–H groups in total. The van der Waals surface area contributed by atoms with E-state index in [9.17, 15) is 13.6 Å². The number of nitrogens with zero attached hydrogens (tertiary/aromatic N) is 3. The number of para-hydroxylation sites is 1. The molecule has 3 aromatic rings. The number of fused-ring (bicyclic) bond motifs is 1. The van der Waals surface area contributed by atoms with Crippen LogP contribution in [0.5, 0.6) is 0 Å². The van der Waals surface area contributed by atoms with Gasteiger partial charge in [-0.25, -0.2) is 18.6 Å². The summed E-state index contributed by atoms with van der Waals surface area (Å²) in [5, 5.41) is 13.7. The summed E-state index contributed by atoms with van der Waals surface area (Å²) in [6.45, 7) is 0.